The average Bonchev–Trinajstić information content (AvgIpc) is 2.99. The first-order valence-corrected chi connectivity index (χ1v) is 14.7. The summed E-state index contributed by atoms with van der Waals surface area (Å²) in [5.41, 5.74) is 18.4. The fourth-order valence-electron chi connectivity index (χ4n) is 6.05. The van der Waals surface area contributed by atoms with Gasteiger partial charge in [0, 0.05) is 42.9 Å². The SMILES string of the molecule is C=C(N)/C(=N/C)C1=C(Cc2ccc(CCc3ccccc3)cc2)C(=C)N(c2ccc(N3CCCCC3=C)cc2)CC1. The standard InChI is InChI=1S/C37H42N4/c1-27-10-8-9-24-40(27)33-19-21-34(22-20-33)41-25-23-35(37(39-4)28(2)38)36(29(41)3)26-32-17-15-31(16-18-32)14-13-30-11-6-5-7-12-30/h5-7,11-12,15-22H,1-3,8-10,13-14,23-26,38H2,4H3/b39-37-. The highest BCUT2D eigenvalue weighted by atomic mass is 15.2. The molecule has 0 aliphatic carbocycles. The Labute approximate surface area is 245 Å². The third-order valence-corrected chi connectivity index (χ3v) is 8.34. The molecule has 3 aromatic carbocycles. The minimum Gasteiger partial charge on any atom is -0.397 e. The van der Waals surface area contributed by atoms with E-state index in [0.717, 1.165) is 67.9 Å². The molecule has 0 amide bonds. The van der Waals surface area contributed by atoms with Crippen molar-refractivity contribution in [3.8, 4) is 0 Å². The Morgan fingerprint density at radius 1 is 0.756 bits per heavy atom. The van der Waals surface area contributed by atoms with Gasteiger partial charge in [-0.1, -0.05) is 74.3 Å². The van der Waals surface area contributed by atoms with Crippen molar-refractivity contribution < 1.29 is 0 Å². The molecule has 2 aliphatic rings. The molecule has 0 unspecified atom stereocenters. The van der Waals surface area contributed by atoms with E-state index in [-0.39, 0.29) is 0 Å². The zero-order valence-corrected chi connectivity index (χ0v) is 24.4. The van der Waals surface area contributed by atoms with E-state index in [2.05, 4.69) is 113 Å². The van der Waals surface area contributed by atoms with Gasteiger partial charge in [0.1, 0.15) is 0 Å². The molecular weight excluding hydrogens is 500 g/mol. The second-order valence-electron chi connectivity index (χ2n) is 11.1. The molecule has 0 bridgehead atoms. The maximum Gasteiger partial charge on any atom is 0.0830 e. The lowest BCUT2D eigenvalue weighted by Crippen LogP contribution is -2.33. The highest BCUT2D eigenvalue weighted by Crippen LogP contribution is 2.36. The van der Waals surface area contributed by atoms with E-state index in [4.69, 9.17) is 5.73 Å². The highest BCUT2D eigenvalue weighted by Gasteiger charge is 2.27. The first-order chi connectivity index (χ1) is 19.9. The van der Waals surface area contributed by atoms with E-state index in [1.165, 1.54) is 46.5 Å². The second-order valence-corrected chi connectivity index (χ2v) is 11.1. The van der Waals surface area contributed by atoms with Crippen LogP contribution in [0, 0.1) is 0 Å². The van der Waals surface area contributed by atoms with Crippen LogP contribution < -0.4 is 15.5 Å². The van der Waals surface area contributed by atoms with E-state index in [9.17, 15) is 0 Å². The molecule has 4 heteroatoms. The van der Waals surface area contributed by atoms with E-state index in [1.54, 1.807) is 7.05 Å². The fourth-order valence-corrected chi connectivity index (χ4v) is 6.05. The van der Waals surface area contributed by atoms with Gasteiger partial charge in [0.15, 0.2) is 0 Å². The van der Waals surface area contributed by atoms with Gasteiger partial charge >= 0.3 is 0 Å². The average molecular weight is 543 g/mol. The van der Waals surface area contributed by atoms with Gasteiger partial charge in [-0.15, -0.1) is 0 Å². The molecule has 1 saturated heterocycles. The molecule has 41 heavy (non-hydrogen) atoms. The normalized spacial score (nSPS) is 16.4. The van der Waals surface area contributed by atoms with Crippen LogP contribution in [0.2, 0.25) is 0 Å². The quantitative estimate of drug-likeness (QED) is 0.281. The van der Waals surface area contributed by atoms with Crippen LogP contribution in [0.15, 0.2) is 132 Å². The van der Waals surface area contributed by atoms with Crippen molar-refractivity contribution in [2.24, 2.45) is 10.7 Å². The fraction of sp³-hybridized carbons (Fsp3) is 0.270. The van der Waals surface area contributed by atoms with Crippen LogP contribution >= 0.6 is 0 Å². The van der Waals surface area contributed by atoms with Crippen molar-refractivity contribution in [2.45, 2.75) is 44.9 Å². The van der Waals surface area contributed by atoms with Gasteiger partial charge in [-0.25, -0.2) is 0 Å². The zero-order valence-electron chi connectivity index (χ0n) is 24.4. The third-order valence-electron chi connectivity index (χ3n) is 8.34. The Bertz CT molecular complexity index is 1460. The monoisotopic (exact) mass is 542 g/mol. The smallest absolute Gasteiger partial charge is 0.0830 e. The van der Waals surface area contributed by atoms with E-state index in [1.807, 2.05) is 0 Å². The molecule has 0 radical (unpaired) electrons. The molecular formula is C37H42N4. The first kappa shape index (κ1) is 28.2. The lowest BCUT2D eigenvalue weighted by atomic mass is 9.88. The van der Waals surface area contributed by atoms with Gasteiger partial charge in [-0.2, -0.15) is 0 Å². The van der Waals surface area contributed by atoms with Crippen LogP contribution in [-0.2, 0) is 19.3 Å². The summed E-state index contributed by atoms with van der Waals surface area (Å²) in [6.45, 7) is 14.8. The Morgan fingerprint density at radius 3 is 1.98 bits per heavy atom. The van der Waals surface area contributed by atoms with Gasteiger partial charge in [0.05, 0.1) is 11.4 Å². The van der Waals surface area contributed by atoms with E-state index >= 15 is 0 Å². The van der Waals surface area contributed by atoms with Crippen molar-refractivity contribution in [3.63, 3.8) is 0 Å². The topological polar surface area (TPSA) is 44.9 Å². The maximum absolute atomic E-state index is 6.21. The second kappa shape index (κ2) is 12.9. The van der Waals surface area contributed by atoms with Gasteiger partial charge < -0.3 is 15.5 Å². The summed E-state index contributed by atoms with van der Waals surface area (Å²) in [5, 5.41) is 0. The molecule has 0 aromatic heterocycles. The molecule has 1 fully saturated rings. The van der Waals surface area contributed by atoms with E-state index in [0.29, 0.717) is 5.70 Å². The summed E-state index contributed by atoms with van der Waals surface area (Å²) >= 11 is 0. The molecule has 2 N–H and O–H groups in total. The largest absolute Gasteiger partial charge is 0.397 e. The molecule has 0 spiro atoms. The summed E-state index contributed by atoms with van der Waals surface area (Å²) in [6.07, 6.45) is 7.18. The van der Waals surface area contributed by atoms with Crippen LogP contribution in [0.4, 0.5) is 11.4 Å². The van der Waals surface area contributed by atoms with Crippen molar-refractivity contribution in [2.75, 3.05) is 29.9 Å². The number of rotatable bonds is 9. The summed E-state index contributed by atoms with van der Waals surface area (Å²) in [6, 6.07) is 28.5. The van der Waals surface area contributed by atoms with E-state index < -0.39 is 0 Å². The van der Waals surface area contributed by atoms with Gasteiger partial charge in [-0.05, 0) is 97.0 Å². The van der Waals surface area contributed by atoms with Crippen molar-refractivity contribution >= 4 is 17.1 Å². The van der Waals surface area contributed by atoms with Gasteiger partial charge in [-0.3, -0.25) is 4.99 Å². The molecule has 2 aliphatic heterocycles. The molecule has 4 nitrogen and oxygen atoms in total. The Hall–Kier alpha value is -4.31. The molecule has 210 valence electrons. The molecule has 5 rings (SSSR count). The van der Waals surface area contributed by atoms with Crippen molar-refractivity contribution in [1.82, 2.24) is 0 Å². The summed E-state index contributed by atoms with van der Waals surface area (Å²) in [5.74, 6) is 0. The predicted octanol–water partition coefficient (Wildman–Crippen LogP) is 7.78. The predicted molar refractivity (Wildman–Crippen MR) is 176 cm³/mol. The number of nitrogens with two attached hydrogens (primary N) is 1. The Kier molecular flexibility index (Phi) is 8.88. The minimum absolute atomic E-state index is 0.503. The number of aryl methyl sites for hydroxylation is 2. The Morgan fingerprint density at radius 2 is 1.37 bits per heavy atom. The van der Waals surface area contributed by atoms with Crippen molar-refractivity contribution in [3.05, 3.63) is 144 Å². The van der Waals surface area contributed by atoms with Crippen LogP contribution in [0.25, 0.3) is 0 Å². The third kappa shape index (κ3) is 6.54. The van der Waals surface area contributed by atoms with Crippen molar-refractivity contribution in [1.29, 1.82) is 0 Å². The lowest BCUT2D eigenvalue weighted by Gasteiger charge is -2.36. The van der Waals surface area contributed by atoms with Crippen LogP contribution in [-0.4, -0.2) is 25.8 Å². The molecule has 0 atom stereocenters. The number of hydrogen-bond donors (Lipinski definition) is 1. The van der Waals surface area contributed by atoms with Crippen LogP contribution in [0.1, 0.15) is 42.4 Å². The van der Waals surface area contributed by atoms with Crippen LogP contribution in [0.3, 0.4) is 0 Å². The highest BCUT2D eigenvalue weighted by molar-refractivity contribution is 6.12. The number of hydrogen-bond acceptors (Lipinski definition) is 4. The van der Waals surface area contributed by atoms with Gasteiger partial charge in [0.25, 0.3) is 0 Å². The molecule has 3 aromatic rings. The first-order valence-electron chi connectivity index (χ1n) is 14.7. The lowest BCUT2D eigenvalue weighted by molar-refractivity contribution is 0.641. The minimum atomic E-state index is 0.503. The number of anilines is 2. The summed E-state index contributed by atoms with van der Waals surface area (Å²) < 4.78 is 0. The Balaban J connectivity index is 1.36. The van der Waals surface area contributed by atoms with Crippen LogP contribution in [0.5, 0.6) is 0 Å². The number of allylic oxidation sites excluding steroid dienone is 3. The molecule has 2 heterocycles. The number of benzene rings is 3. The number of aliphatic imine (C=N–C) groups is 1. The van der Waals surface area contributed by atoms with Gasteiger partial charge in [0.2, 0.25) is 0 Å². The summed E-state index contributed by atoms with van der Waals surface area (Å²) in [4.78, 5) is 9.21. The number of nitrogens with zero attached hydrogens (tertiary/aromatic N) is 3. The number of piperidine rings is 1. The zero-order chi connectivity index (χ0) is 28.8. The summed E-state index contributed by atoms with van der Waals surface area (Å²) in [7, 11) is 1.79. The molecule has 0 saturated carbocycles. The maximum atomic E-state index is 6.21.